The molecule has 0 unspecified atom stereocenters. The zero-order valence-corrected chi connectivity index (χ0v) is 12.1. The largest absolute Gasteiger partial charge is 0.303 e. The summed E-state index contributed by atoms with van der Waals surface area (Å²) in [6.45, 7) is 0. The molecule has 1 atom stereocenters. The van der Waals surface area contributed by atoms with E-state index in [0.717, 1.165) is 17.4 Å². The fourth-order valence-electron chi connectivity index (χ4n) is 2.26. The van der Waals surface area contributed by atoms with E-state index < -0.39 is 10.7 Å². The summed E-state index contributed by atoms with van der Waals surface area (Å²) in [6, 6.07) is 13.1. The maximum Gasteiger partial charge on any atom is 0.144 e. The fraction of sp³-hybridized carbons (Fsp3) is 0.188. The van der Waals surface area contributed by atoms with Crippen LogP contribution in [0.4, 0.5) is 4.39 Å². The van der Waals surface area contributed by atoms with E-state index in [-0.39, 0.29) is 17.5 Å². The second-order valence-corrected chi connectivity index (χ2v) is 5.72. The average Bonchev–Trinajstić information content (AvgIpc) is 2.46. The Bertz CT molecular complexity index is 668. The number of halogens is 1. The average molecular weight is 306 g/mol. The molecule has 0 aliphatic rings. The van der Waals surface area contributed by atoms with Crippen molar-refractivity contribution in [2.75, 3.05) is 0 Å². The van der Waals surface area contributed by atoms with Gasteiger partial charge in [-0.15, -0.1) is 0 Å². The van der Waals surface area contributed by atoms with E-state index in [9.17, 15) is 17.6 Å². The summed E-state index contributed by atoms with van der Waals surface area (Å²) in [5.74, 6) is -0.471. The SMILES string of the molecule is O=CC[C@H](c1ccc(F)cc1)c1ccc(C[SH](=O)=O)cc1. The van der Waals surface area contributed by atoms with Crippen molar-refractivity contribution in [3.63, 3.8) is 0 Å². The van der Waals surface area contributed by atoms with Gasteiger partial charge in [0.15, 0.2) is 0 Å². The molecule has 0 bridgehead atoms. The normalized spacial score (nSPS) is 12.3. The smallest absolute Gasteiger partial charge is 0.144 e. The zero-order chi connectivity index (χ0) is 15.2. The lowest BCUT2D eigenvalue weighted by Crippen LogP contribution is -2.02. The summed E-state index contributed by atoms with van der Waals surface area (Å²) < 4.78 is 34.4. The molecule has 5 heteroatoms. The van der Waals surface area contributed by atoms with Crippen molar-refractivity contribution in [1.82, 2.24) is 0 Å². The molecule has 2 aromatic carbocycles. The molecule has 0 saturated carbocycles. The summed E-state index contributed by atoms with van der Waals surface area (Å²) in [4.78, 5) is 10.9. The Labute approximate surface area is 124 Å². The molecule has 0 radical (unpaired) electrons. The topological polar surface area (TPSA) is 51.2 Å². The van der Waals surface area contributed by atoms with Crippen LogP contribution in [0.5, 0.6) is 0 Å². The zero-order valence-electron chi connectivity index (χ0n) is 11.2. The van der Waals surface area contributed by atoms with Crippen LogP contribution in [0, 0.1) is 5.82 Å². The molecule has 0 saturated heterocycles. The number of carbonyl (C=O) groups excluding carboxylic acids is 1. The first-order chi connectivity index (χ1) is 10.1. The molecule has 3 nitrogen and oxygen atoms in total. The number of thiol groups is 1. The molecule has 110 valence electrons. The van der Waals surface area contributed by atoms with Crippen LogP contribution >= 0.6 is 0 Å². The van der Waals surface area contributed by atoms with Gasteiger partial charge < -0.3 is 4.79 Å². The van der Waals surface area contributed by atoms with Crippen molar-refractivity contribution in [3.05, 3.63) is 71.0 Å². The molecule has 0 heterocycles. The Morgan fingerprint density at radius 2 is 1.48 bits per heavy atom. The molecule has 21 heavy (non-hydrogen) atoms. The molecule has 2 aromatic rings. The number of benzene rings is 2. The molecule has 2 rings (SSSR count). The minimum atomic E-state index is -2.45. The van der Waals surface area contributed by atoms with E-state index in [4.69, 9.17) is 0 Å². The van der Waals surface area contributed by atoms with Gasteiger partial charge >= 0.3 is 0 Å². The number of aldehydes is 1. The molecule has 0 spiro atoms. The minimum absolute atomic E-state index is 0.00447. The summed E-state index contributed by atoms with van der Waals surface area (Å²) in [7, 11) is -2.45. The Morgan fingerprint density at radius 3 is 1.95 bits per heavy atom. The lowest BCUT2D eigenvalue weighted by molar-refractivity contribution is -0.108. The van der Waals surface area contributed by atoms with Crippen LogP contribution in [0.2, 0.25) is 0 Å². The number of hydrogen-bond donors (Lipinski definition) is 1. The first-order valence-corrected chi connectivity index (χ1v) is 7.86. The molecular formula is C16H15FO3S. The number of rotatable bonds is 6. The molecule has 0 aliphatic carbocycles. The van der Waals surface area contributed by atoms with Gasteiger partial charge in [-0.05, 0) is 28.8 Å². The third kappa shape index (κ3) is 4.23. The Balaban J connectivity index is 2.29. The van der Waals surface area contributed by atoms with E-state index in [1.165, 1.54) is 12.1 Å². The van der Waals surface area contributed by atoms with Crippen molar-refractivity contribution >= 4 is 17.0 Å². The van der Waals surface area contributed by atoms with E-state index in [1.807, 2.05) is 12.1 Å². The van der Waals surface area contributed by atoms with E-state index >= 15 is 0 Å². The minimum Gasteiger partial charge on any atom is -0.303 e. The van der Waals surface area contributed by atoms with Crippen LogP contribution in [-0.2, 0) is 21.3 Å². The highest BCUT2D eigenvalue weighted by molar-refractivity contribution is 7.71. The van der Waals surface area contributed by atoms with Crippen LogP contribution in [-0.4, -0.2) is 14.7 Å². The van der Waals surface area contributed by atoms with Gasteiger partial charge in [-0.2, -0.15) is 0 Å². The summed E-state index contributed by atoms with van der Waals surface area (Å²) in [5.41, 5.74) is 2.46. The second kappa shape index (κ2) is 7.13. The maximum atomic E-state index is 13.0. The fourth-order valence-corrected chi connectivity index (χ4v) is 2.77. The monoisotopic (exact) mass is 306 g/mol. The Morgan fingerprint density at radius 1 is 0.952 bits per heavy atom. The lowest BCUT2D eigenvalue weighted by atomic mass is 9.88. The maximum absolute atomic E-state index is 13.0. The van der Waals surface area contributed by atoms with E-state index in [0.29, 0.717) is 12.0 Å². The van der Waals surface area contributed by atoms with Crippen molar-refractivity contribution in [2.24, 2.45) is 0 Å². The van der Waals surface area contributed by atoms with E-state index in [2.05, 4.69) is 0 Å². The molecule has 0 N–H and O–H groups in total. The number of hydrogen-bond acceptors (Lipinski definition) is 3. The quantitative estimate of drug-likeness (QED) is 0.659. The van der Waals surface area contributed by atoms with Crippen molar-refractivity contribution in [1.29, 1.82) is 0 Å². The Kier molecular flexibility index (Phi) is 5.22. The van der Waals surface area contributed by atoms with Crippen molar-refractivity contribution in [2.45, 2.75) is 18.1 Å². The van der Waals surface area contributed by atoms with Gasteiger partial charge in [0.05, 0.1) is 5.75 Å². The van der Waals surface area contributed by atoms with Gasteiger partial charge in [0.2, 0.25) is 0 Å². The number of carbonyl (C=O) groups is 1. The predicted molar refractivity (Wildman–Crippen MR) is 79.4 cm³/mol. The Hall–Kier alpha value is -2.01. The molecule has 0 aliphatic heterocycles. The highest BCUT2D eigenvalue weighted by Gasteiger charge is 2.14. The van der Waals surface area contributed by atoms with Gasteiger partial charge in [0.25, 0.3) is 0 Å². The van der Waals surface area contributed by atoms with Gasteiger partial charge in [0.1, 0.15) is 22.8 Å². The van der Waals surface area contributed by atoms with Crippen molar-refractivity contribution in [3.8, 4) is 0 Å². The first-order valence-electron chi connectivity index (χ1n) is 6.50. The molecule has 0 fully saturated rings. The lowest BCUT2D eigenvalue weighted by Gasteiger charge is -2.15. The molecular weight excluding hydrogens is 291 g/mol. The van der Waals surface area contributed by atoms with Gasteiger partial charge in [-0.1, -0.05) is 36.4 Å². The molecule has 0 aromatic heterocycles. The molecule has 0 amide bonds. The van der Waals surface area contributed by atoms with Gasteiger partial charge in [-0.3, -0.25) is 0 Å². The predicted octanol–water partition coefficient (Wildman–Crippen LogP) is 2.66. The first kappa shape index (κ1) is 15.4. The summed E-state index contributed by atoms with van der Waals surface area (Å²) in [5, 5.41) is 0. The third-order valence-corrected chi connectivity index (χ3v) is 3.92. The van der Waals surface area contributed by atoms with Crippen LogP contribution in [0.15, 0.2) is 48.5 Å². The van der Waals surface area contributed by atoms with E-state index in [1.54, 1.807) is 24.3 Å². The second-order valence-electron chi connectivity index (χ2n) is 4.74. The highest BCUT2D eigenvalue weighted by atomic mass is 32.2. The van der Waals surface area contributed by atoms with Gasteiger partial charge in [-0.25, -0.2) is 12.8 Å². The summed E-state index contributed by atoms with van der Waals surface area (Å²) >= 11 is 0. The van der Waals surface area contributed by atoms with Crippen molar-refractivity contribution < 1.29 is 17.6 Å². The van der Waals surface area contributed by atoms with Crippen LogP contribution in [0.3, 0.4) is 0 Å². The summed E-state index contributed by atoms with van der Waals surface area (Å²) in [6.07, 6.45) is 1.12. The highest BCUT2D eigenvalue weighted by Crippen LogP contribution is 2.27. The van der Waals surface area contributed by atoms with Crippen LogP contribution in [0.25, 0.3) is 0 Å². The van der Waals surface area contributed by atoms with Crippen LogP contribution < -0.4 is 0 Å². The standard InChI is InChI=1S/C16H15FO3S/c17-15-7-5-14(6-8-15)16(9-10-18)13-3-1-12(2-4-13)11-21(19)20/h1-8,10,16,21H,9,11H2/t16-/m0/s1. The third-order valence-electron chi connectivity index (χ3n) is 3.30. The van der Waals surface area contributed by atoms with Gasteiger partial charge in [0, 0.05) is 12.3 Å². The van der Waals surface area contributed by atoms with Crippen LogP contribution in [0.1, 0.15) is 29.0 Å².